The minimum absolute atomic E-state index is 0.180. The summed E-state index contributed by atoms with van der Waals surface area (Å²) in [6.45, 7) is 0. The van der Waals surface area contributed by atoms with Gasteiger partial charge in [-0.1, -0.05) is 158 Å². The Balaban J connectivity index is 1.07. The van der Waals surface area contributed by atoms with E-state index in [0.717, 1.165) is 44.4 Å². The Kier molecular flexibility index (Phi) is 8.80. The number of allylic oxidation sites excluding steroid dienone is 14. The molecule has 1 aliphatic heterocycles. The number of hydrogen-bond donors (Lipinski definition) is 0. The maximum atomic E-state index is 5.43. The zero-order valence-electron chi connectivity index (χ0n) is 27.5. The molecular weight excluding hydrogens is 581 g/mol. The van der Waals surface area contributed by atoms with E-state index in [9.17, 15) is 0 Å². The number of nitrogens with zero attached hydrogens (tertiary/aromatic N) is 2. The minimum Gasteiger partial charge on any atom is -0.262 e. The van der Waals surface area contributed by atoms with Crippen LogP contribution in [0.2, 0.25) is 0 Å². The number of aliphatic imine (C=N–C) groups is 2. The van der Waals surface area contributed by atoms with Crippen molar-refractivity contribution < 1.29 is 0 Å². The van der Waals surface area contributed by atoms with Crippen molar-refractivity contribution in [2.45, 2.75) is 50.5 Å². The van der Waals surface area contributed by atoms with Gasteiger partial charge in [0, 0.05) is 29.9 Å². The fourth-order valence-electron chi connectivity index (χ4n) is 7.79. The van der Waals surface area contributed by atoms with Crippen LogP contribution in [0.4, 0.5) is 0 Å². The highest BCUT2D eigenvalue weighted by Gasteiger charge is 2.30. The standard InChI is InChI=1S/C46H42N2/c1-5-14-33(15-6-1)34-24-26-38(27-25-34)45-32-44(37-20-11-4-12-21-37)47-46(48-45)41-23-13-22-39(30-41)40-28-29-42(35-16-7-2-8-17-35)43(31-40)36-18-9-3-10-19-36/h1-11,13-20,22-26,28,31,38-39,42,45H,12,21,27,29-30,32H2/t38?,39?,42?,45-/m0/s1. The van der Waals surface area contributed by atoms with Crippen molar-refractivity contribution in [1.29, 1.82) is 0 Å². The molecule has 3 unspecified atom stereocenters. The second-order valence-electron chi connectivity index (χ2n) is 13.5. The van der Waals surface area contributed by atoms with Gasteiger partial charge in [0.15, 0.2) is 5.84 Å². The van der Waals surface area contributed by atoms with Crippen LogP contribution in [0.15, 0.2) is 185 Å². The van der Waals surface area contributed by atoms with Crippen LogP contribution in [-0.2, 0) is 0 Å². The summed E-state index contributed by atoms with van der Waals surface area (Å²) in [6.07, 6.45) is 31.6. The van der Waals surface area contributed by atoms with E-state index in [1.807, 2.05) is 0 Å². The summed E-state index contributed by atoms with van der Waals surface area (Å²) in [4.78, 5) is 10.8. The van der Waals surface area contributed by atoms with E-state index >= 15 is 0 Å². The van der Waals surface area contributed by atoms with E-state index in [4.69, 9.17) is 9.98 Å². The molecular formula is C46H42N2. The van der Waals surface area contributed by atoms with Crippen molar-refractivity contribution in [3.8, 4) is 0 Å². The Hall–Kier alpha value is -5.08. The lowest BCUT2D eigenvalue weighted by molar-refractivity contribution is 0.514. The summed E-state index contributed by atoms with van der Waals surface area (Å²) in [7, 11) is 0. The molecule has 5 aliphatic rings. The van der Waals surface area contributed by atoms with Crippen LogP contribution in [0.5, 0.6) is 0 Å². The summed E-state index contributed by atoms with van der Waals surface area (Å²) < 4.78 is 0. The van der Waals surface area contributed by atoms with Gasteiger partial charge in [-0.2, -0.15) is 0 Å². The quantitative estimate of drug-likeness (QED) is 0.250. The van der Waals surface area contributed by atoms with Gasteiger partial charge < -0.3 is 0 Å². The number of benzene rings is 3. The van der Waals surface area contributed by atoms with E-state index in [1.54, 1.807) is 0 Å². The van der Waals surface area contributed by atoms with Gasteiger partial charge in [0.25, 0.3) is 0 Å². The molecule has 2 heteroatoms. The van der Waals surface area contributed by atoms with Gasteiger partial charge in [-0.15, -0.1) is 0 Å². The van der Waals surface area contributed by atoms with Crippen LogP contribution in [-0.4, -0.2) is 17.6 Å². The topological polar surface area (TPSA) is 24.7 Å². The van der Waals surface area contributed by atoms with Crippen molar-refractivity contribution in [1.82, 2.24) is 0 Å². The third kappa shape index (κ3) is 6.53. The first-order chi connectivity index (χ1) is 23.8. The number of rotatable bonds is 7. The molecule has 3 aromatic carbocycles. The summed E-state index contributed by atoms with van der Waals surface area (Å²) >= 11 is 0. The molecule has 0 bridgehead atoms. The first-order valence-corrected chi connectivity index (χ1v) is 17.6. The Labute approximate surface area is 285 Å². The van der Waals surface area contributed by atoms with Gasteiger partial charge in [-0.25, -0.2) is 4.99 Å². The van der Waals surface area contributed by atoms with Crippen molar-refractivity contribution >= 4 is 22.7 Å². The molecule has 1 heterocycles. The normalized spacial score (nSPS) is 25.2. The fraction of sp³-hybridized carbons (Fsp3) is 0.217. The second-order valence-corrected chi connectivity index (χ2v) is 13.5. The van der Waals surface area contributed by atoms with Gasteiger partial charge in [-0.3, -0.25) is 4.99 Å². The van der Waals surface area contributed by atoms with Gasteiger partial charge in [0.05, 0.1) is 6.04 Å². The van der Waals surface area contributed by atoms with Crippen molar-refractivity contribution in [2.75, 3.05) is 0 Å². The van der Waals surface area contributed by atoms with Gasteiger partial charge in [0.2, 0.25) is 0 Å². The lowest BCUT2D eigenvalue weighted by Gasteiger charge is -2.31. The summed E-state index contributed by atoms with van der Waals surface area (Å²) in [5.41, 5.74) is 11.9. The van der Waals surface area contributed by atoms with Crippen molar-refractivity contribution in [2.24, 2.45) is 21.8 Å². The molecule has 2 nitrogen and oxygen atoms in total. The zero-order valence-corrected chi connectivity index (χ0v) is 27.5. The summed E-state index contributed by atoms with van der Waals surface area (Å²) in [5.74, 6) is 1.95. The van der Waals surface area contributed by atoms with E-state index in [0.29, 0.717) is 17.8 Å². The van der Waals surface area contributed by atoms with Gasteiger partial charge in [-0.05, 0) is 76.7 Å². The smallest absolute Gasteiger partial charge is 0.151 e. The van der Waals surface area contributed by atoms with Crippen molar-refractivity contribution in [3.05, 3.63) is 191 Å². The van der Waals surface area contributed by atoms with Crippen LogP contribution in [0.1, 0.15) is 61.1 Å². The Morgan fingerprint density at radius 2 is 1.42 bits per heavy atom. The van der Waals surface area contributed by atoms with Crippen LogP contribution < -0.4 is 0 Å². The molecule has 236 valence electrons. The Morgan fingerprint density at radius 1 is 0.667 bits per heavy atom. The molecule has 0 fully saturated rings. The Bertz CT molecular complexity index is 1960. The average molecular weight is 623 g/mol. The van der Waals surface area contributed by atoms with Crippen LogP contribution in [0.3, 0.4) is 0 Å². The van der Waals surface area contributed by atoms with Gasteiger partial charge >= 0.3 is 0 Å². The molecule has 8 rings (SSSR count). The van der Waals surface area contributed by atoms with E-state index in [1.165, 1.54) is 50.3 Å². The second kappa shape index (κ2) is 14.0. The highest BCUT2D eigenvalue weighted by molar-refractivity contribution is 6.14. The van der Waals surface area contributed by atoms with Crippen molar-refractivity contribution in [3.63, 3.8) is 0 Å². The largest absolute Gasteiger partial charge is 0.262 e. The first-order valence-electron chi connectivity index (χ1n) is 17.6. The molecule has 4 atom stereocenters. The monoisotopic (exact) mass is 622 g/mol. The highest BCUT2D eigenvalue weighted by atomic mass is 15.0. The number of hydrogen-bond acceptors (Lipinski definition) is 2. The van der Waals surface area contributed by atoms with E-state index in [-0.39, 0.29) is 6.04 Å². The molecule has 0 amide bonds. The molecule has 4 aliphatic carbocycles. The molecule has 3 aromatic rings. The molecule has 48 heavy (non-hydrogen) atoms. The third-order valence-electron chi connectivity index (χ3n) is 10.4. The van der Waals surface area contributed by atoms with Crippen LogP contribution in [0.25, 0.3) is 11.1 Å². The van der Waals surface area contributed by atoms with E-state index < -0.39 is 0 Å². The van der Waals surface area contributed by atoms with Crippen LogP contribution >= 0.6 is 0 Å². The third-order valence-corrected chi connectivity index (χ3v) is 10.4. The molecule has 0 radical (unpaired) electrons. The Morgan fingerprint density at radius 3 is 2.15 bits per heavy atom. The molecule has 0 spiro atoms. The fourth-order valence-corrected chi connectivity index (χ4v) is 7.79. The maximum Gasteiger partial charge on any atom is 0.151 e. The number of amidine groups is 1. The van der Waals surface area contributed by atoms with Crippen LogP contribution in [0, 0.1) is 11.8 Å². The zero-order chi connectivity index (χ0) is 32.1. The predicted molar refractivity (Wildman–Crippen MR) is 203 cm³/mol. The molecule has 0 aromatic heterocycles. The lowest BCUT2D eigenvalue weighted by atomic mass is 9.76. The molecule has 0 saturated carbocycles. The minimum atomic E-state index is 0.180. The first kappa shape index (κ1) is 30.3. The van der Waals surface area contributed by atoms with Gasteiger partial charge in [0.1, 0.15) is 0 Å². The predicted octanol–water partition coefficient (Wildman–Crippen LogP) is 11.2. The highest BCUT2D eigenvalue weighted by Crippen LogP contribution is 2.42. The SMILES string of the molecule is C1=CCCC(C2=NC(C3=CC=CC(C4=CCC(c5ccccc5)C(c5ccccc5)=C4)C3)=N[C@H](C3C=CC(c4ccccc4)=CC3)C2)=C1. The molecule has 0 N–H and O–H groups in total. The summed E-state index contributed by atoms with van der Waals surface area (Å²) in [5, 5.41) is 0. The molecule has 0 saturated heterocycles. The average Bonchev–Trinajstić information content (AvgIpc) is 3.19. The van der Waals surface area contributed by atoms with E-state index in [2.05, 4.69) is 158 Å². The maximum absolute atomic E-state index is 5.43. The summed E-state index contributed by atoms with van der Waals surface area (Å²) in [6, 6.07) is 32.8. The lowest BCUT2D eigenvalue weighted by Crippen LogP contribution is -2.29.